The number of fused-ring (bicyclic) bond motifs is 2. The Morgan fingerprint density at radius 2 is 1.19 bits per heavy atom. The normalized spacial score (nSPS) is 25.9. The third-order valence-electron chi connectivity index (χ3n) is 11.0. The number of aromatic nitrogens is 4. The van der Waals surface area contributed by atoms with Crippen molar-refractivity contribution >= 4 is 17.9 Å². The fraction of sp³-hybridized carbons (Fsp3) is 0.432. The molecule has 3 N–H and O–H groups in total. The summed E-state index contributed by atoms with van der Waals surface area (Å²) in [6, 6.07) is 16.4. The van der Waals surface area contributed by atoms with Gasteiger partial charge < -0.3 is 24.9 Å². The third-order valence-corrected chi connectivity index (χ3v) is 11.0. The molecule has 2 aliphatic carbocycles. The number of aromatic amines is 2. The van der Waals surface area contributed by atoms with E-state index < -0.39 is 12.1 Å². The zero-order valence-electron chi connectivity index (χ0n) is 27.6. The minimum atomic E-state index is -1.10. The van der Waals surface area contributed by atoms with Crippen molar-refractivity contribution in [2.24, 2.45) is 17.8 Å². The second-order valence-corrected chi connectivity index (χ2v) is 14.4. The number of H-pyrrole nitrogens is 2. The van der Waals surface area contributed by atoms with Crippen LogP contribution in [-0.2, 0) is 9.59 Å². The number of carbonyl (C=O) groups is 3. The van der Waals surface area contributed by atoms with Crippen molar-refractivity contribution in [2.75, 3.05) is 7.05 Å². The molecule has 2 aromatic carbocycles. The Bertz CT molecular complexity index is 1880. The largest absolute Gasteiger partial charge is 0.465 e. The van der Waals surface area contributed by atoms with Crippen molar-refractivity contribution < 1.29 is 19.5 Å². The molecule has 4 aliphatic rings. The van der Waals surface area contributed by atoms with E-state index in [1.165, 1.54) is 7.05 Å². The van der Waals surface area contributed by atoms with Crippen LogP contribution >= 0.6 is 0 Å². The van der Waals surface area contributed by atoms with Gasteiger partial charge in [-0.25, -0.2) is 14.8 Å². The number of likely N-dealkylation sites (tertiary alicyclic amines) is 2. The number of benzene rings is 2. The Morgan fingerprint density at radius 3 is 1.62 bits per heavy atom. The van der Waals surface area contributed by atoms with Gasteiger partial charge in [0.05, 0.1) is 35.9 Å². The van der Waals surface area contributed by atoms with E-state index in [0.717, 1.165) is 75.9 Å². The van der Waals surface area contributed by atoms with Gasteiger partial charge in [0.2, 0.25) is 11.8 Å². The summed E-state index contributed by atoms with van der Waals surface area (Å²) < 4.78 is 0. The first kappa shape index (κ1) is 30.4. The van der Waals surface area contributed by atoms with Gasteiger partial charge in [-0.2, -0.15) is 0 Å². The maximum atomic E-state index is 13.8. The lowest BCUT2D eigenvalue weighted by Crippen LogP contribution is -2.52. The van der Waals surface area contributed by atoms with Gasteiger partial charge in [-0.1, -0.05) is 62.4 Å². The summed E-state index contributed by atoms with van der Waals surface area (Å²) in [5.74, 6) is 2.49. The van der Waals surface area contributed by atoms with Crippen LogP contribution in [0.2, 0.25) is 0 Å². The van der Waals surface area contributed by atoms with E-state index in [2.05, 4.69) is 63.5 Å². The molecular formula is C37H41N7O4. The van der Waals surface area contributed by atoms with E-state index >= 15 is 0 Å². The molecule has 4 unspecified atom stereocenters. The molecule has 248 valence electrons. The Morgan fingerprint density at radius 1 is 0.750 bits per heavy atom. The lowest BCUT2D eigenvalue weighted by atomic mass is 10.0. The van der Waals surface area contributed by atoms with Crippen molar-refractivity contribution in [1.82, 2.24) is 34.6 Å². The van der Waals surface area contributed by atoms with Gasteiger partial charge in [0.1, 0.15) is 17.7 Å². The summed E-state index contributed by atoms with van der Waals surface area (Å²) >= 11 is 0. The van der Waals surface area contributed by atoms with Crippen LogP contribution in [0.15, 0.2) is 60.9 Å². The fourth-order valence-corrected chi connectivity index (χ4v) is 8.33. The zero-order chi connectivity index (χ0) is 33.4. The van der Waals surface area contributed by atoms with Crippen LogP contribution in [0.4, 0.5) is 4.79 Å². The molecule has 0 bridgehead atoms. The maximum Gasteiger partial charge on any atom is 0.407 e. The van der Waals surface area contributed by atoms with Crippen LogP contribution in [0, 0.1) is 17.8 Å². The number of hydrogen-bond acceptors (Lipinski definition) is 5. The first-order valence-electron chi connectivity index (χ1n) is 17.0. The molecule has 7 atom stereocenters. The molecule has 4 heterocycles. The Balaban J connectivity index is 0.954. The van der Waals surface area contributed by atoms with Crippen LogP contribution in [0.25, 0.3) is 33.6 Å². The maximum absolute atomic E-state index is 13.8. The van der Waals surface area contributed by atoms with Crippen LogP contribution in [0.5, 0.6) is 0 Å². The number of carbonyl (C=O) groups excluding carboxylic acids is 2. The highest BCUT2D eigenvalue weighted by molar-refractivity contribution is 5.87. The highest BCUT2D eigenvalue weighted by Gasteiger charge is 2.57. The van der Waals surface area contributed by atoms with Crippen LogP contribution in [0.1, 0.15) is 70.2 Å². The van der Waals surface area contributed by atoms with E-state index in [1.54, 1.807) is 6.92 Å². The summed E-state index contributed by atoms with van der Waals surface area (Å²) in [5.41, 5.74) is 6.05. The first-order valence-corrected chi connectivity index (χ1v) is 17.0. The molecule has 2 saturated carbocycles. The molecule has 0 spiro atoms. The molecular weight excluding hydrogens is 606 g/mol. The summed E-state index contributed by atoms with van der Waals surface area (Å²) in [6.07, 6.45) is 6.47. The minimum Gasteiger partial charge on any atom is -0.465 e. The predicted molar refractivity (Wildman–Crippen MR) is 179 cm³/mol. The number of nitrogens with one attached hydrogen (secondary N) is 2. The van der Waals surface area contributed by atoms with Crippen LogP contribution in [0.3, 0.4) is 0 Å². The smallest absolute Gasteiger partial charge is 0.407 e. The van der Waals surface area contributed by atoms with Gasteiger partial charge in [0.25, 0.3) is 0 Å². The average Bonchev–Trinajstić information content (AvgIpc) is 3.66. The first-order chi connectivity index (χ1) is 23.1. The number of rotatable bonds is 8. The molecule has 4 fully saturated rings. The van der Waals surface area contributed by atoms with E-state index in [4.69, 9.17) is 4.98 Å². The van der Waals surface area contributed by atoms with E-state index in [1.807, 2.05) is 36.0 Å². The monoisotopic (exact) mass is 647 g/mol. The number of carboxylic acid groups (broad SMARTS) is 1. The molecule has 8 rings (SSSR count). The SMILES string of the molecule is CC(=O)N1C(c2ncc(-c3ccc(-c4ccc(-c5cnc([C@@H]6C[C@H]7CC7N6C(=O)[C@H](C(C)C)N(C)C(=O)O)[nH]5)cc4)cc3)[nH]2)CC2CC21. The van der Waals surface area contributed by atoms with Crippen LogP contribution in [-0.4, -0.2) is 82.8 Å². The number of amides is 3. The molecule has 11 heteroatoms. The number of nitrogens with zero attached hydrogens (tertiary/aromatic N) is 5. The van der Waals surface area contributed by atoms with E-state index in [-0.39, 0.29) is 35.9 Å². The van der Waals surface area contributed by atoms with Crippen molar-refractivity contribution in [3.05, 3.63) is 72.6 Å². The highest BCUT2D eigenvalue weighted by Crippen LogP contribution is 2.54. The number of imidazole rings is 2. The molecule has 2 aliphatic heterocycles. The summed E-state index contributed by atoms with van der Waals surface area (Å²) in [4.78, 5) is 59.1. The Labute approximate surface area is 279 Å². The van der Waals surface area contributed by atoms with E-state index in [9.17, 15) is 19.5 Å². The number of hydrogen-bond donors (Lipinski definition) is 3. The van der Waals surface area contributed by atoms with Gasteiger partial charge in [-0.15, -0.1) is 0 Å². The third kappa shape index (κ3) is 5.16. The summed E-state index contributed by atoms with van der Waals surface area (Å²) in [7, 11) is 1.47. The van der Waals surface area contributed by atoms with Gasteiger partial charge >= 0.3 is 6.09 Å². The summed E-state index contributed by atoms with van der Waals surface area (Å²) in [6.45, 7) is 5.43. The molecule has 11 nitrogen and oxygen atoms in total. The van der Waals surface area contributed by atoms with Gasteiger partial charge in [-0.3, -0.25) is 14.5 Å². The van der Waals surface area contributed by atoms with E-state index in [0.29, 0.717) is 17.9 Å². The molecule has 4 aromatic rings. The number of piperidine rings is 2. The Hall–Kier alpha value is -4.93. The summed E-state index contributed by atoms with van der Waals surface area (Å²) in [5, 5.41) is 9.62. The standard InChI is InChI=1S/C37H41N7O4/c1-19(2)33(42(4)37(47)48)36(46)44-30-14-26(30)16-32(44)35-39-18-28(41-35)24-11-7-22(8-12-24)21-5-9-23(10-6-21)27-17-38-34(40-27)31-15-25-13-29(25)43(31)20(3)45/h5-12,17-19,25-26,29-33H,13-16H2,1-4H3,(H,38,40)(H,39,41)(H,47,48)/t25?,26-,29?,30?,31?,32+,33+/m1/s1. The van der Waals surface area contributed by atoms with Gasteiger partial charge in [0, 0.05) is 26.1 Å². The van der Waals surface area contributed by atoms with Crippen molar-refractivity contribution in [1.29, 1.82) is 0 Å². The molecule has 3 amide bonds. The molecule has 2 saturated heterocycles. The number of likely N-dealkylation sites (N-methyl/N-ethyl adjacent to an activating group) is 1. The predicted octanol–water partition coefficient (Wildman–Crippen LogP) is 6.11. The lowest BCUT2D eigenvalue weighted by molar-refractivity contribution is -0.139. The second kappa shape index (κ2) is 11.4. The molecule has 48 heavy (non-hydrogen) atoms. The van der Waals surface area contributed by atoms with Gasteiger partial charge in [-0.05, 0) is 65.7 Å². The highest BCUT2D eigenvalue weighted by atomic mass is 16.4. The zero-order valence-corrected chi connectivity index (χ0v) is 27.6. The molecule has 0 radical (unpaired) electrons. The quantitative estimate of drug-likeness (QED) is 0.211. The van der Waals surface area contributed by atoms with Crippen LogP contribution < -0.4 is 0 Å². The van der Waals surface area contributed by atoms with Gasteiger partial charge in [0.15, 0.2) is 0 Å². The molecule has 2 aromatic heterocycles. The minimum absolute atomic E-state index is 0.0389. The fourth-order valence-electron chi connectivity index (χ4n) is 8.33. The van der Waals surface area contributed by atoms with Crippen molar-refractivity contribution in [3.63, 3.8) is 0 Å². The topological polar surface area (TPSA) is 139 Å². The average molecular weight is 648 g/mol. The van der Waals surface area contributed by atoms with Crippen molar-refractivity contribution in [2.45, 2.75) is 76.7 Å². The second-order valence-electron chi connectivity index (χ2n) is 14.4. The lowest BCUT2D eigenvalue weighted by Gasteiger charge is -2.35. The van der Waals surface area contributed by atoms with Crippen molar-refractivity contribution in [3.8, 4) is 33.6 Å². The Kier molecular flexibility index (Phi) is 7.19.